The lowest BCUT2D eigenvalue weighted by Crippen LogP contribution is -2.49. The van der Waals surface area contributed by atoms with Crippen LogP contribution >= 0.6 is 0 Å². The van der Waals surface area contributed by atoms with Crippen LogP contribution in [0.25, 0.3) is 0 Å². The number of anilines is 1. The predicted molar refractivity (Wildman–Crippen MR) is 68.5 cm³/mol. The highest BCUT2D eigenvalue weighted by Crippen LogP contribution is 2.31. The number of fused-ring (bicyclic) bond motifs is 1. The van der Waals surface area contributed by atoms with Gasteiger partial charge in [-0.2, -0.15) is 0 Å². The number of morpholine rings is 1. The Kier molecular flexibility index (Phi) is 3.10. The Bertz CT molecular complexity index is 506. The van der Waals surface area contributed by atoms with E-state index in [4.69, 9.17) is 9.84 Å². The van der Waals surface area contributed by atoms with E-state index in [1.54, 1.807) is 6.92 Å². The topological polar surface area (TPSA) is 75.5 Å². The molecular formula is C13H17N3O3. The summed E-state index contributed by atoms with van der Waals surface area (Å²) >= 11 is 0. The van der Waals surface area contributed by atoms with Crippen LogP contribution in [0.1, 0.15) is 35.3 Å². The summed E-state index contributed by atoms with van der Waals surface area (Å²) in [6.45, 7) is 3.17. The molecule has 19 heavy (non-hydrogen) atoms. The summed E-state index contributed by atoms with van der Waals surface area (Å²) in [7, 11) is 0. The van der Waals surface area contributed by atoms with Crippen LogP contribution in [0.5, 0.6) is 0 Å². The number of carboxylic acids is 1. The maximum atomic E-state index is 11.0. The van der Waals surface area contributed by atoms with Crippen LogP contribution in [-0.2, 0) is 4.74 Å². The first-order chi connectivity index (χ1) is 9.16. The molecule has 0 bridgehead atoms. The minimum atomic E-state index is -0.982. The van der Waals surface area contributed by atoms with Gasteiger partial charge < -0.3 is 14.7 Å². The Morgan fingerprint density at radius 1 is 1.53 bits per heavy atom. The molecule has 1 aliphatic heterocycles. The van der Waals surface area contributed by atoms with E-state index in [1.165, 1.54) is 6.20 Å². The molecule has 2 fully saturated rings. The summed E-state index contributed by atoms with van der Waals surface area (Å²) in [5, 5.41) is 9.00. The third kappa shape index (κ3) is 2.16. The van der Waals surface area contributed by atoms with Gasteiger partial charge >= 0.3 is 5.97 Å². The Balaban J connectivity index is 1.89. The van der Waals surface area contributed by atoms with Gasteiger partial charge in [0.2, 0.25) is 5.95 Å². The lowest BCUT2D eigenvalue weighted by Gasteiger charge is -2.37. The number of carbonyl (C=O) groups is 1. The standard InChI is InChI=1S/C13H17N3O3/c1-8-9(12(17)18)7-14-13(15-8)16-5-6-19-11-4-2-3-10(11)16/h7,10-11H,2-6H2,1H3,(H,17,18). The second kappa shape index (κ2) is 4.77. The van der Waals surface area contributed by atoms with Gasteiger partial charge in [0.1, 0.15) is 0 Å². The van der Waals surface area contributed by atoms with Crippen LogP contribution in [0.15, 0.2) is 6.20 Å². The number of hydrogen-bond donors (Lipinski definition) is 1. The Morgan fingerprint density at radius 3 is 3.11 bits per heavy atom. The second-order valence-corrected chi connectivity index (χ2v) is 5.08. The van der Waals surface area contributed by atoms with Crippen LogP contribution < -0.4 is 4.90 Å². The summed E-state index contributed by atoms with van der Waals surface area (Å²) in [6.07, 6.45) is 5.02. The molecule has 0 radical (unpaired) electrons. The van der Waals surface area contributed by atoms with Crippen molar-refractivity contribution in [1.29, 1.82) is 0 Å². The van der Waals surface area contributed by atoms with Gasteiger partial charge in [-0.25, -0.2) is 14.8 Å². The SMILES string of the molecule is Cc1nc(N2CCOC3CCCC32)ncc1C(=O)O. The van der Waals surface area contributed by atoms with Gasteiger partial charge in [0.15, 0.2) is 0 Å². The maximum absolute atomic E-state index is 11.0. The van der Waals surface area contributed by atoms with Gasteiger partial charge in [-0.05, 0) is 26.2 Å². The number of aromatic nitrogens is 2. The number of ether oxygens (including phenoxy) is 1. The van der Waals surface area contributed by atoms with Crippen LogP contribution in [0, 0.1) is 6.92 Å². The average Bonchev–Trinajstić information content (AvgIpc) is 2.86. The molecule has 1 aromatic rings. The van der Waals surface area contributed by atoms with E-state index < -0.39 is 5.97 Å². The van der Waals surface area contributed by atoms with Crippen molar-refractivity contribution in [2.45, 2.75) is 38.3 Å². The molecule has 1 aliphatic carbocycles. The normalized spacial score (nSPS) is 26.3. The summed E-state index contributed by atoms with van der Waals surface area (Å²) < 4.78 is 5.75. The van der Waals surface area contributed by atoms with Crippen molar-refractivity contribution in [3.05, 3.63) is 17.5 Å². The summed E-state index contributed by atoms with van der Waals surface area (Å²) in [4.78, 5) is 21.7. The molecule has 1 N–H and O–H groups in total. The van der Waals surface area contributed by atoms with E-state index in [-0.39, 0.29) is 11.7 Å². The highest BCUT2D eigenvalue weighted by molar-refractivity contribution is 5.88. The molecule has 0 spiro atoms. The summed E-state index contributed by atoms with van der Waals surface area (Å²) in [6, 6.07) is 0.337. The van der Waals surface area contributed by atoms with Gasteiger partial charge in [-0.15, -0.1) is 0 Å². The highest BCUT2D eigenvalue weighted by Gasteiger charge is 2.37. The molecule has 102 valence electrons. The van der Waals surface area contributed by atoms with E-state index in [9.17, 15) is 4.79 Å². The number of rotatable bonds is 2. The van der Waals surface area contributed by atoms with Crippen LogP contribution in [-0.4, -0.2) is 46.3 Å². The monoisotopic (exact) mass is 263 g/mol. The van der Waals surface area contributed by atoms with Gasteiger partial charge in [-0.1, -0.05) is 0 Å². The van der Waals surface area contributed by atoms with Crippen molar-refractivity contribution in [3.8, 4) is 0 Å². The molecule has 0 aromatic carbocycles. The zero-order valence-electron chi connectivity index (χ0n) is 10.9. The smallest absolute Gasteiger partial charge is 0.339 e. The van der Waals surface area contributed by atoms with Crippen LogP contribution in [0.4, 0.5) is 5.95 Å². The van der Waals surface area contributed by atoms with Crippen molar-refractivity contribution in [3.63, 3.8) is 0 Å². The summed E-state index contributed by atoms with van der Waals surface area (Å²) in [5.74, 6) is -0.354. The van der Waals surface area contributed by atoms with Crippen molar-refractivity contribution in [1.82, 2.24) is 9.97 Å². The Hall–Kier alpha value is -1.69. The maximum Gasteiger partial charge on any atom is 0.339 e. The first-order valence-electron chi connectivity index (χ1n) is 6.62. The van der Waals surface area contributed by atoms with Crippen molar-refractivity contribution in [2.24, 2.45) is 0 Å². The van der Waals surface area contributed by atoms with E-state index >= 15 is 0 Å². The molecule has 6 heteroatoms. The minimum Gasteiger partial charge on any atom is -0.478 e. The van der Waals surface area contributed by atoms with Crippen LogP contribution in [0.3, 0.4) is 0 Å². The zero-order valence-corrected chi connectivity index (χ0v) is 10.9. The number of aromatic carboxylic acids is 1. The molecule has 3 rings (SSSR count). The molecule has 1 saturated carbocycles. The molecule has 2 aliphatic rings. The predicted octanol–water partition coefficient (Wildman–Crippen LogP) is 1.24. The molecular weight excluding hydrogens is 246 g/mol. The molecule has 1 saturated heterocycles. The quantitative estimate of drug-likeness (QED) is 0.865. The average molecular weight is 263 g/mol. The van der Waals surface area contributed by atoms with E-state index in [0.717, 1.165) is 25.8 Å². The Labute approximate surface area is 111 Å². The largest absolute Gasteiger partial charge is 0.478 e. The molecule has 2 heterocycles. The number of hydrogen-bond acceptors (Lipinski definition) is 5. The number of nitrogens with zero attached hydrogens (tertiary/aromatic N) is 3. The van der Waals surface area contributed by atoms with Gasteiger partial charge in [-0.3, -0.25) is 0 Å². The van der Waals surface area contributed by atoms with Crippen molar-refractivity contribution < 1.29 is 14.6 Å². The van der Waals surface area contributed by atoms with Crippen molar-refractivity contribution in [2.75, 3.05) is 18.1 Å². The lowest BCUT2D eigenvalue weighted by molar-refractivity contribution is 0.0249. The van der Waals surface area contributed by atoms with E-state index in [2.05, 4.69) is 14.9 Å². The lowest BCUT2D eigenvalue weighted by atomic mass is 10.1. The van der Waals surface area contributed by atoms with Crippen molar-refractivity contribution >= 4 is 11.9 Å². The third-order valence-corrected chi connectivity index (χ3v) is 3.94. The molecule has 1 aromatic heterocycles. The molecule has 2 atom stereocenters. The molecule has 6 nitrogen and oxygen atoms in total. The minimum absolute atomic E-state index is 0.167. The van der Waals surface area contributed by atoms with Crippen LogP contribution in [0.2, 0.25) is 0 Å². The highest BCUT2D eigenvalue weighted by atomic mass is 16.5. The van der Waals surface area contributed by atoms with Gasteiger partial charge in [0.25, 0.3) is 0 Å². The fraction of sp³-hybridized carbons (Fsp3) is 0.615. The molecule has 0 amide bonds. The zero-order chi connectivity index (χ0) is 13.4. The first-order valence-corrected chi connectivity index (χ1v) is 6.62. The number of aryl methyl sites for hydroxylation is 1. The summed E-state index contributed by atoms with van der Waals surface area (Å²) in [5.41, 5.74) is 0.679. The Morgan fingerprint density at radius 2 is 2.37 bits per heavy atom. The van der Waals surface area contributed by atoms with Gasteiger partial charge in [0.05, 0.1) is 30.0 Å². The fourth-order valence-corrected chi connectivity index (χ4v) is 2.98. The first kappa shape index (κ1) is 12.3. The number of carboxylic acid groups (broad SMARTS) is 1. The molecule has 2 unspecified atom stereocenters. The second-order valence-electron chi connectivity index (χ2n) is 5.08. The fourth-order valence-electron chi connectivity index (χ4n) is 2.98. The van der Waals surface area contributed by atoms with Gasteiger partial charge in [0, 0.05) is 12.7 Å². The third-order valence-electron chi connectivity index (χ3n) is 3.94. The van der Waals surface area contributed by atoms with E-state index in [1.807, 2.05) is 0 Å². The van der Waals surface area contributed by atoms with E-state index in [0.29, 0.717) is 24.3 Å².